The van der Waals surface area contributed by atoms with Gasteiger partial charge >= 0.3 is 0 Å². The van der Waals surface area contributed by atoms with E-state index in [1.54, 1.807) is 29.3 Å². The number of hydrogen-bond acceptors (Lipinski definition) is 4. The molecule has 2 N–H and O–H groups in total. The highest BCUT2D eigenvalue weighted by Crippen LogP contribution is 2.22. The van der Waals surface area contributed by atoms with Crippen molar-refractivity contribution >= 4 is 29.3 Å². The van der Waals surface area contributed by atoms with E-state index in [1.807, 2.05) is 13.0 Å². The Morgan fingerprint density at radius 3 is 2.68 bits per heavy atom. The number of hydrogen-bond donors (Lipinski definition) is 2. The highest BCUT2D eigenvalue weighted by molar-refractivity contribution is 8.02. The van der Waals surface area contributed by atoms with Crippen molar-refractivity contribution in [2.24, 2.45) is 0 Å². The first-order valence-corrected chi connectivity index (χ1v) is 9.86. The molecule has 1 heterocycles. The number of benzene rings is 1. The number of amides is 2. The summed E-state index contributed by atoms with van der Waals surface area (Å²) in [5.41, 5.74) is 2.12. The third-order valence-corrected chi connectivity index (χ3v) is 5.34. The lowest BCUT2D eigenvalue weighted by Gasteiger charge is -2.23. The molecule has 6 heteroatoms. The van der Waals surface area contributed by atoms with E-state index in [1.165, 1.54) is 19.3 Å². The monoisotopic (exact) mass is 360 g/mol. The quantitative estimate of drug-likeness (QED) is 0.861. The highest BCUT2D eigenvalue weighted by Gasteiger charge is 2.19. The number of nitrogens with one attached hydrogen (secondary N) is 2. The topological polar surface area (TPSA) is 67.4 Å². The predicted molar refractivity (Wildman–Crippen MR) is 101 cm³/mol. The summed E-state index contributed by atoms with van der Waals surface area (Å²) < 4.78 is 5.38. The van der Waals surface area contributed by atoms with Crippen LogP contribution in [0.4, 0.5) is 5.69 Å². The van der Waals surface area contributed by atoms with Crippen LogP contribution in [0, 0.1) is 6.92 Å². The van der Waals surface area contributed by atoms with Gasteiger partial charge in [-0.15, -0.1) is 11.8 Å². The van der Waals surface area contributed by atoms with Crippen molar-refractivity contribution in [2.45, 2.75) is 45.1 Å². The van der Waals surface area contributed by atoms with Crippen molar-refractivity contribution in [3.05, 3.63) is 40.5 Å². The number of carbonyl (C=O) groups excluding carboxylic acids is 2. The van der Waals surface area contributed by atoms with Crippen LogP contribution < -0.4 is 10.6 Å². The van der Waals surface area contributed by atoms with Crippen molar-refractivity contribution in [1.82, 2.24) is 5.32 Å². The van der Waals surface area contributed by atoms with Gasteiger partial charge in [-0.2, -0.15) is 0 Å². The first-order valence-electron chi connectivity index (χ1n) is 8.81. The molecule has 1 aromatic carbocycles. The molecule has 1 fully saturated rings. The van der Waals surface area contributed by atoms with Gasteiger partial charge in [-0.05, 0) is 37.5 Å². The molecule has 0 unspecified atom stereocenters. The molecule has 25 heavy (non-hydrogen) atoms. The summed E-state index contributed by atoms with van der Waals surface area (Å²) in [6.45, 7) is 2.44. The molecule has 134 valence electrons. The fraction of sp³-hybridized carbons (Fsp3) is 0.474. The smallest absolute Gasteiger partial charge is 0.291 e. The molecule has 5 nitrogen and oxygen atoms in total. The van der Waals surface area contributed by atoms with Crippen molar-refractivity contribution < 1.29 is 14.3 Å². The lowest BCUT2D eigenvalue weighted by Crippen LogP contribution is -2.36. The molecule has 0 bridgehead atoms. The average molecular weight is 360 g/mol. The van der Waals surface area contributed by atoms with Crippen LogP contribution in [-0.2, 0) is 9.53 Å². The van der Waals surface area contributed by atoms with Gasteiger partial charge in [0, 0.05) is 28.5 Å². The summed E-state index contributed by atoms with van der Waals surface area (Å²) in [4.78, 5) is 24.8. The summed E-state index contributed by atoms with van der Waals surface area (Å²) in [5.74, 6) is 0.825. The van der Waals surface area contributed by atoms with Crippen LogP contribution in [0.5, 0.6) is 0 Å². The van der Waals surface area contributed by atoms with Crippen LogP contribution in [-0.4, -0.2) is 30.2 Å². The summed E-state index contributed by atoms with van der Waals surface area (Å²) in [6.07, 6.45) is 5.69. The average Bonchev–Trinajstić information content (AvgIpc) is 2.65. The molecule has 2 aliphatic rings. The van der Waals surface area contributed by atoms with E-state index >= 15 is 0 Å². The van der Waals surface area contributed by atoms with E-state index in [-0.39, 0.29) is 17.9 Å². The summed E-state index contributed by atoms with van der Waals surface area (Å²) >= 11 is 1.56. The zero-order valence-electron chi connectivity index (χ0n) is 14.5. The van der Waals surface area contributed by atoms with E-state index in [0.717, 1.165) is 24.2 Å². The number of aryl methyl sites for hydroxylation is 1. The Labute approximate surface area is 152 Å². The normalized spacial score (nSPS) is 18.0. The van der Waals surface area contributed by atoms with Crippen LogP contribution >= 0.6 is 11.8 Å². The van der Waals surface area contributed by atoms with E-state index in [0.29, 0.717) is 23.6 Å². The summed E-state index contributed by atoms with van der Waals surface area (Å²) in [6, 6.07) is 5.66. The zero-order chi connectivity index (χ0) is 17.6. The van der Waals surface area contributed by atoms with Crippen LogP contribution in [0.1, 0.15) is 48.0 Å². The van der Waals surface area contributed by atoms with Crippen LogP contribution in [0.25, 0.3) is 0 Å². The Morgan fingerprint density at radius 2 is 1.96 bits per heavy atom. The SMILES string of the molecule is Cc1ccc(C(=O)NC2CCCCC2)cc1NC(=O)C1=CSCCO1. The minimum Gasteiger partial charge on any atom is -0.487 e. The number of ether oxygens (including phenoxy) is 1. The Balaban J connectivity index is 1.68. The van der Waals surface area contributed by atoms with E-state index < -0.39 is 0 Å². The van der Waals surface area contributed by atoms with Gasteiger partial charge < -0.3 is 15.4 Å². The van der Waals surface area contributed by atoms with Gasteiger partial charge in [-0.1, -0.05) is 25.3 Å². The lowest BCUT2D eigenvalue weighted by molar-refractivity contribution is -0.116. The Hall–Kier alpha value is -1.95. The van der Waals surface area contributed by atoms with Crippen LogP contribution in [0.2, 0.25) is 0 Å². The molecular weight excluding hydrogens is 336 g/mol. The van der Waals surface area contributed by atoms with Gasteiger partial charge in [0.15, 0.2) is 5.76 Å². The van der Waals surface area contributed by atoms with Gasteiger partial charge in [0.1, 0.15) is 0 Å². The fourth-order valence-corrected chi connectivity index (χ4v) is 3.71. The zero-order valence-corrected chi connectivity index (χ0v) is 15.3. The first-order chi connectivity index (χ1) is 12.1. The molecule has 1 aliphatic carbocycles. The van der Waals surface area contributed by atoms with Crippen molar-refractivity contribution in [3.8, 4) is 0 Å². The van der Waals surface area contributed by atoms with Gasteiger partial charge in [-0.3, -0.25) is 9.59 Å². The molecule has 1 aliphatic heterocycles. The standard InChI is InChI=1S/C19H24N2O3S/c1-13-7-8-14(18(22)20-15-5-3-2-4-6-15)11-16(13)21-19(23)17-12-25-10-9-24-17/h7-8,11-12,15H,2-6,9-10H2,1H3,(H,20,22)(H,21,23). The van der Waals surface area contributed by atoms with Gasteiger partial charge in [0.25, 0.3) is 11.8 Å². The third kappa shape index (κ3) is 4.78. The molecule has 1 saturated carbocycles. The lowest BCUT2D eigenvalue weighted by atomic mass is 9.95. The number of thioether (sulfide) groups is 1. The largest absolute Gasteiger partial charge is 0.487 e. The second-order valence-corrected chi connectivity index (χ2v) is 7.47. The minimum absolute atomic E-state index is 0.0777. The van der Waals surface area contributed by atoms with Crippen LogP contribution in [0.3, 0.4) is 0 Å². The summed E-state index contributed by atoms with van der Waals surface area (Å²) in [5, 5.41) is 7.69. The van der Waals surface area contributed by atoms with Gasteiger partial charge in [0.2, 0.25) is 0 Å². The second-order valence-electron chi connectivity index (χ2n) is 6.49. The predicted octanol–water partition coefficient (Wildman–Crippen LogP) is 3.60. The Kier molecular flexibility index (Phi) is 6.02. The third-order valence-electron chi connectivity index (χ3n) is 4.56. The molecule has 2 amide bonds. The molecular formula is C19H24N2O3S. The van der Waals surface area contributed by atoms with E-state index in [4.69, 9.17) is 4.74 Å². The number of carbonyl (C=O) groups is 2. The minimum atomic E-state index is -0.278. The molecule has 0 radical (unpaired) electrons. The number of rotatable bonds is 4. The maximum atomic E-state index is 12.5. The molecule has 0 spiro atoms. The van der Waals surface area contributed by atoms with Crippen LogP contribution in [0.15, 0.2) is 29.4 Å². The molecule has 0 saturated heterocycles. The van der Waals surface area contributed by atoms with Gasteiger partial charge in [0.05, 0.1) is 6.61 Å². The summed E-state index contributed by atoms with van der Waals surface area (Å²) in [7, 11) is 0. The van der Waals surface area contributed by atoms with E-state index in [2.05, 4.69) is 10.6 Å². The Morgan fingerprint density at radius 1 is 1.16 bits per heavy atom. The second kappa shape index (κ2) is 8.43. The molecule has 3 rings (SSSR count). The van der Waals surface area contributed by atoms with Crippen molar-refractivity contribution in [3.63, 3.8) is 0 Å². The fourth-order valence-electron chi connectivity index (χ4n) is 3.08. The Bertz CT molecular complexity index is 681. The maximum Gasteiger partial charge on any atom is 0.291 e. The number of anilines is 1. The molecule has 0 atom stereocenters. The van der Waals surface area contributed by atoms with E-state index in [9.17, 15) is 9.59 Å². The maximum absolute atomic E-state index is 12.5. The van der Waals surface area contributed by atoms with Gasteiger partial charge in [-0.25, -0.2) is 0 Å². The highest BCUT2D eigenvalue weighted by atomic mass is 32.2. The first kappa shape index (κ1) is 17.9. The van der Waals surface area contributed by atoms with Crippen molar-refractivity contribution in [2.75, 3.05) is 17.7 Å². The molecule has 0 aromatic heterocycles. The molecule has 1 aromatic rings. The van der Waals surface area contributed by atoms with Crippen molar-refractivity contribution in [1.29, 1.82) is 0 Å².